The Morgan fingerprint density at radius 3 is 2.88 bits per heavy atom. The normalized spacial score (nSPS) is 20.2. The number of nitrogens with zero attached hydrogens (tertiary/aromatic N) is 1. The van der Waals surface area contributed by atoms with Crippen molar-refractivity contribution < 1.29 is 14.3 Å². The van der Waals surface area contributed by atoms with E-state index in [1.807, 2.05) is 11.8 Å². The van der Waals surface area contributed by atoms with Crippen LogP contribution in [-0.4, -0.2) is 42.1 Å². The highest BCUT2D eigenvalue weighted by atomic mass is 35.5. The van der Waals surface area contributed by atoms with Crippen LogP contribution in [0.15, 0.2) is 18.2 Å². The smallest absolute Gasteiger partial charge is 0.319 e. The van der Waals surface area contributed by atoms with Crippen molar-refractivity contribution in [2.24, 2.45) is 0 Å². The zero-order valence-electron chi connectivity index (χ0n) is 13.7. The van der Waals surface area contributed by atoms with Crippen LogP contribution in [0.2, 0.25) is 5.02 Å². The van der Waals surface area contributed by atoms with Crippen LogP contribution in [0.4, 0.5) is 10.5 Å². The maximum atomic E-state index is 12.3. The zero-order valence-corrected chi connectivity index (χ0v) is 14.4. The molecule has 2 aliphatic rings. The molecule has 0 unspecified atom stereocenters. The summed E-state index contributed by atoms with van der Waals surface area (Å²) in [6.45, 7) is 3.28. The summed E-state index contributed by atoms with van der Waals surface area (Å²) >= 11 is 6.00. The van der Waals surface area contributed by atoms with Gasteiger partial charge in [-0.3, -0.25) is 4.79 Å². The van der Waals surface area contributed by atoms with Gasteiger partial charge in [0.15, 0.2) is 0 Å². The molecule has 1 aromatic rings. The highest BCUT2D eigenvalue weighted by Gasteiger charge is 2.40. The molecule has 1 aromatic carbocycles. The fourth-order valence-corrected chi connectivity index (χ4v) is 3.01. The summed E-state index contributed by atoms with van der Waals surface area (Å²) in [7, 11) is 0. The molecule has 7 heteroatoms. The summed E-state index contributed by atoms with van der Waals surface area (Å²) < 4.78 is 5.61. The first kappa shape index (κ1) is 16.9. The standard InChI is InChI=1S/C17H22ClN3O3/c1-2-9-24-15-6-3-11(18)10-14(15)20-17(23)19-13-7-8-21(16(13)22)12-4-5-12/h3,6,10,12-13H,2,4-5,7-9H2,1H3,(H2,19,20,23)/t13-/m1/s1. The van der Waals surface area contributed by atoms with Gasteiger partial charge in [0.2, 0.25) is 5.91 Å². The predicted molar refractivity (Wildman–Crippen MR) is 92.5 cm³/mol. The molecule has 1 aliphatic heterocycles. The monoisotopic (exact) mass is 351 g/mol. The Morgan fingerprint density at radius 2 is 2.17 bits per heavy atom. The number of urea groups is 1. The highest BCUT2D eigenvalue weighted by Crippen LogP contribution is 2.31. The fraction of sp³-hybridized carbons (Fsp3) is 0.529. The van der Waals surface area contributed by atoms with Gasteiger partial charge >= 0.3 is 6.03 Å². The van der Waals surface area contributed by atoms with Gasteiger partial charge in [-0.25, -0.2) is 4.79 Å². The van der Waals surface area contributed by atoms with E-state index >= 15 is 0 Å². The molecule has 24 heavy (non-hydrogen) atoms. The van der Waals surface area contributed by atoms with E-state index in [1.54, 1.807) is 18.2 Å². The van der Waals surface area contributed by atoms with E-state index in [0.29, 0.717) is 35.5 Å². The Balaban J connectivity index is 1.60. The molecule has 2 N–H and O–H groups in total. The van der Waals surface area contributed by atoms with Crippen molar-refractivity contribution in [1.82, 2.24) is 10.2 Å². The van der Waals surface area contributed by atoms with Crippen molar-refractivity contribution >= 4 is 29.2 Å². The van der Waals surface area contributed by atoms with Crippen LogP contribution in [0.5, 0.6) is 5.75 Å². The molecule has 1 saturated heterocycles. The number of hydrogen-bond acceptors (Lipinski definition) is 3. The van der Waals surface area contributed by atoms with Crippen molar-refractivity contribution in [2.45, 2.75) is 44.7 Å². The second-order valence-electron chi connectivity index (χ2n) is 6.19. The van der Waals surface area contributed by atoms with Crippen molar-refractivity contribution in [3.05, 3.63) is 23.2 Å². The van der Waals surface area contributed by atoms with E-state index in [-0.39, 0.29) is 5.91 Å². The summed E-state index contributed by atoms with van der Waals surface area (Å²) in [5.74, 6) is 0.579. The van der Waals surface area contributed by atoms with Crippen LogP contribution in [-0.2, 0) is 4.79 Å². The Morgan fingerprint density at radius 1 is 1.38 bits per heavy atom. The van der Waals surface area contributed by atoms with Gasteiger partial charge < -0.3 is 20.3 Å². The summed E-state index contributed by atoms with van der Waals surface area (Å²) in [4.78, 5) is 26.4. The topological polar surface area (TPSA) is 70.7 Å². The van der Waals surface area contributed by atoms with Gasteiger partial charge in [0.25, 0.3) is 0 Å². The van der Waals surface area contributed by atoms with E-state index in [4.69, 9.17) is 16.3 Å². The number of benzene rings is 1. The number of anilines is 1. The van der Waals surface area contributed by atoms with Gasteiger partial charge in [-0.05, 0) is 43.9 Å². The third kappa shape index (κ3) is 3.93. The van der Waals surface area contributed by atoms with Crippen molar-refractivity contribution in [2.75, 3.05) is 18.5 Å². The molecule has 3 amide bonds. The molecule has 1 aliphatic carbocycles. The Bertz CT molecular complexity index is 634. The molecule has 0 bridgehead atoms. The minimum atomic E-state index is -0.454. The quantitative estimate of drug-likeness (QED) is 0.827. The minimum absolute atomic E-state index is 0.0150. The van der Waals surface area contributed by atoms with Crippen LogP contribution in [0.1, 0.15) is 32.6 Å². The number of halogens is 1. The van der Waals surface area contributed by atoms with E-state index in [0.717, 1.165) is 25.8 Å². The second-order valence-corrected chi connectivity index (χ2v) is 6.63. The van der Waals surface area contributed by atoms with Crippen molar-refractivity contribution in [3.8, 4) is 5.75 Å². The molecule has 3 rings (SSSR count). The maximum Gasteiger partial charge on any atom is 0.319 e. The molecular weight excluding hydrogens is 330 g/mol. The van der Waals surface area contributed by atoms with Crippen LogP contribution >= 0.6 is 11.6 Å². The Labute approximate surface area is 146 Å². The van der Waals surface area contributed by atoms with E-state index < -0.39 is 12.1 Å². The van der Waals surface area contributed by atoms with Gasteiger partial charge in [-0.1, -0.05) is 18.5 Å². The number of hydrogen-bond donors (Lipinski definition) is 2. The number of likely N-dealkylation sites (tertiary alicyclic amines) is 1. The number of carbonyl (C=O) groups excluding carboxylic acids is 2. The van der Waals surface area contributed by atoms with E-state index in [9.17, 15) is 9.59 Å². The lowest BCUT2D eigenvalue weighted by molar-refractivity contribution is -0.129. The first-order valence-corrected chi connectivity index (χ1v) is 8.76. The van der Waals surface area contributed by atoms with Gasteiger partial charge in [0.05, 0.1) is 12.3 Å². The number of amides is 3. The Hall–Kier alpha value is -1.95. The third-order valence-electron chi connectivity index (χ3n) is 4.18. The van der Waals surface area contributed by atoms with Gasteiger partial charge in [-0.2, -0.15) is 0 Å². The fourth-order valence-electron chi connectivity index (χ4n) is 2.84. The number of nitrogens with one attached hydrogen (secondary N) is 2. The van der Waals surface area contributed by atoms with Crippen LogP contribution in [0.25, 0.3) is 0 Å². The van der Waals surface area contributed by atoms with Crippen molar-refractivity contribution in [3.63, 3.8) is 0 Å². The third-order valence-corrected chi connectivity index (χ3v) is 4.42. The van der Waals surface area contributed by atoms with E-state index in [1.165, 1.54) is 0 Å². The second kappa shape index (κ2) is 7.30. The molecule has 1 saturated carbocycles. The first-order chi connectivity index (χ1) is 11.6. The van der Waals surface area contributed by atoms with Crippen LogP contribution in [0, 0.1) is 0 Å². The summed E-state index contributed by atoms with van der Waals surface area (Å²) in [5.41, 5.74) is 0.498. The molecule has 130 valence electrons. The predicted octanol–water partition coefficient (Wildman–Crippen LogP) is 3.01. The van der Waals surface area contributed by atoms with Gasteiger partial charge in [0.1, 0.15) is 11.8 Å². The summed E-state index contributed by atoms with van der Waals surface area (Å²) in [6.07, 6.45) is 3.66. The van der Waals surface area contributed by atoms with Gasteiger partial charge in [0, 0.05) is 17.6 Å². The lowest BCUT2D eigenvalue weighted by Gasteiger charge is -2.17. The van der Waals surface area contributed by atoms with Crippen molar-refractivity contribution in [1.29, 1.82) is 0 Å². The first-order valence-electron chi connectivity index (χ1n) is 8.39. The lowest BCUT2D eigenvalue weighted by atomic mass is 10.2. The molecule has 0 radical (unpaired) electrons. The molecule has 1 atom stereocenters. The molecule has 1 heterocycles. The maximum absolute atomic E-state index is 12.3. The zero-order chi connectivity index (χ0) is 17.1. The average molecular weight is 352 g/mol. The van der Waals surface area contributed by atoms with Crippen LogP contribution < -0.4 is 15.4 Å². The summed E-state index contributed by atoms with van der Waals surface area (Å²) in [5, 5.41) is 6.00. The highest BCUT2D eigenvalue weighted by molar-refractivity contribution is 6.31. The SMILES string of the molecule is CCCOc1ccc(Cl)cc1NC(=O)N[C@@H]1CCN(C2CC2)C1=O. The Kier molecular flexibility index (Phi) is 5.14. The number of ether oxygens (including phenoxy) is 1. The van der Waals surface area contributed by atoms with E-state index in [2.05, 4.69) is 10.6 Å². The molecule has 2 fully saturated rings. The van der Waals surface area contributed by atoms with Crippen LogP contribution in [0.3, 0.4) is 0 Å². The molecule has 0 spiro atoms. The average Bonchev–Trinajstić information content (AvgIpc) is 3.32. The molecular formula is C17H22ClN3O3. The molecule has 0 aromatic heterocycles. The summed E-state index contributed by atoms with van der Waals surface area (Å²) in [6, 6.07) is 4.58. The lowest BCUT2D eigenvalue weighted by Crippen LogP contribution is -2.43. The molecule has 6 nitrogen and oxygen atoms in total. The largest absolute Gasteiger partial charge is 0.491 e. The minimum Gasteiger partial charge on any atom is -0.491 e. The number of rotatable bonds is 6. The number of carbonyl (C=O) groups is 2. The van der Waals surface area contributed by atoms with Gasteiger partial charge in [-0.15, -0.1) is 0 Å².